The SMILES string of the molecule is CC/C=C(/SCCCN1CI2C[C@@]2(c2ccc(O)c(C(C)=O)c2)C1)N(C)C(=NC)c1ccc(C(F)(F)F)cc1. The molecule has 5 nitrogen and oxygen atoms in total. The van der Waals surface area contributed by atoms with Gasteiger partial charge in [-0.05, 0) is 0 Å². The first kappa shape index (κ1) is 29.9. The van der Waals surface area contributed by atoms with Gasteiger partial charge in [-0.15, -0.1) is 0 Å². The topological polar surface area (TPSA) is 56.1 Å². The first-order valence-corrected chi connectivity index (χ1v) is 18.0. The van der Waals surface area contributed by atoms with Crippen LogP contribution >= 0.6 is 31.6 Å². The third-order valence-electron chi connectivity index (χ3n) is 7.07. The first-order valence-electron chi connectivity index (χ1n) is 12.9. The molecule has 0 aliphatic carbocycles. The molecule has 0 aromatic heterocycles. The molecule has 0 radical (unpaired) electrons. The normalized spacial score (nSPS) is 20.7. The molecule has 2 fully saturated rings. The molecule has 1 N–H and O–H groups in total. The molecule has 0 bridgehead atoms. The average molecular weight is 674 g/mol. The summed E-state index contributed by atoms with van der Waals surface area (Å²) in [6, 6.07) is 10.7. The molecule has 2 aliphatic rings. The fraction of sp³-hybridized carbons (Fsp3) is 0.448. The second kappa shape index (κ2) is 12.2. The number of carbonyl (C=O) groups excluding carboxylic acids is 1. The number of benzene rings is 2. The molecule has 2 saturated heterocycles. The maximum absolute atomic E-state index is 13.0. The molecule has 39 heavy (non-hydrogen) atoms. The number of hydrogen-bond acceptors (Lipinski definition) is 5. The standard InChI is InChI=1S/C29H35F3IN3O2S/c1-5-7-26(35(4)27(34-3)21-8-10-22(11-9-21)29(30,31)32)39-15-6-14-36-18-28(17-33(28)19-36)23-12-13-25(38)24(16-23)20(2)37/h7-13,16,38H,5-6,14-15,17-19H2,1-4H3/b26-7+,34-27?/t28-/m0/s1. The number of phenolic OH excluding ortho intramolecular Hbond substituents is 1. The summed E-state index contributed by atoms with van der Waals surface area (Å²) in [5.41, 5.74) is 1.62. The number of fused-ring (bicyclic) bond motifs is 1. The van der Waals surface area contributed by atoms with Crippen molar-refractivity contribution in [2.45, 2.75) is 36.3 Å². The fourth-order valence-corrected chi connectivity index (χ4v) is 14.2. The number of ketones is 1. The molecule has 2 aromatic rings. The number of alkyl halides is 6. The Bertz CT molecular complexity index is 1270. The van der Waals surface area contributed by atoms with Crippen LogP contribution in [-0.4, -0.2) is 68.4 Å². The van der Waals surface area contributed by atoms with Gasteiger partial charge in [0.25, 0.3) is 0 Å². The van der Waals surface area contributed by atoms with Crippen molar-refractivity contribution in [2.24, 2.45) is 4.99 Å². The van der Waals surface area contributed by atoms with Crippen LogP contribution in [0.4, 0.5) is 13.2 Å². The summed E-state index contributed by atoms with van der Waals surface area (Å²) in [6.07, 6.45) is -0.372. The van der Waals surface area contributed by atoms with Crippen LogP contribution in [0.1, 0.15) is 53.7 Å². The Kier molecular flexibility index (Phi) is 9.37. The van der Waals surface area contributed by atoms with Crippen LogP contribution in [0.2, 0.25) is 0 Å². The molecular formula is C29H35F3IN3O2S. The molecule has 10 heteroatoms. The molecule has 0 saturated carbocycles. The number of halogens is 4. The van der Waals surface area contributed by atoms with E-state index in [-0.39, 0.29) is 15.0 Å². The Hall–Kier alpha value is -2.05. The molecule has 0 unspecified atom stereocenters. The van der Waals surface area contributed by atoms with Gasteiger partial charge in [0.1, 0.15) is 0 Å². The van der Waals surface area contributed by atoms with Gasteiger partial charge in [-0.1, -0.05) is 0 Å². The molecule has 0 spiro atoms. The van der Waals surface area contributed by atoms with Gasteiger partial charge in [0.15, 0.2) is 0 Å². The molecule has 0 amide bonds. The van der Waals surface area contributed by atoms with Gasteiger partial charge in [0, 0.05) is 0 Å². The number of aliphatic imine (C=N–C) groups is 1. The van der Waals surface area contributed by atoms with Gasteiger partial charge < -0.3 is 0 Å². The van der Waals surface area contributed by atoms with Gasteiger partial charge in [0.2, 0.25) is 0 Å². The van der Waals surface area contributed by atoms with Crippen LogP contribution in [0.25, 0.3) is 0 Å². The average Bonchev–Trinajstić information content (AvgIpc) is 3.46. The molecule has 2 heterocycles. The van der Waals surface area contributed by atoms with E-state index in [0.29, 0.717) is 17.0 Å². The van der Waals surface area contributed by atoms with E-state index in [1.165, 1.54) is 33.6 Å². The third kappa shape index (κ3) is 6.65. The Morgan fingerprint density at radius 2 is 1.97 bits per heavy atom. The zero-order valence-corrected chi connectivity index (χ0v) is 25.7. The number of phenols is 1. The maximum atomic E-state index is 13.0. The van der Waals surface area contributed by atoms with Crippen LogP contribution in [0.15, 0.2) is 58.6 Å². The van der Waals surface area contributed by atoms with E-state index in [4.69, 9.17) is 0 Å². The Morgan fingerprint density at radius 1 is 1.26 bits per heavy atom. The van der Waals surface area contributed by atoms with Gasteiger partial charge in [-0.25, -0.2) is 0 Å². The van der Waals surface area contributed by atoms with Crippen molar-refractivity contribution in [3.05, 3.63) is 75.8 Å². The van der Waals surface area contributed by atoms with Gasteiger partial charge >= 0.3 is 222 Å². The summed E-state index contributed by atoms with van der Waals surface area (Å²) in [7, 11) is 3.57. The van der Waals surface area contributed by atoms with E-state index in [1.54, 1.807) is 24.9 Å². The second-order valence-corrected chi connectivity index (χ2v) is 17.1. The van der Waals surface area contributed by atoms with Crippen molar-refractivity contribution in [1.82, 2.24) is 9.80 Å². The van der Waals surface area contributed by atoms with Crippen molar-refractivity contribution in [3.63, 3.8) is 0 Å². The van der Waals surface area contributed by atoms with E-state index >= 15 is 0 Å². The van der Waals surface area contributed by atoms with Crippen LogP contribution in [0.5, 0.6) is 5.75 Å². The van der Waals surface area contributed by atoms with Crippen molar-refractivity contribution < 1.29 is 23.1 Å². The van der Waals surface area contributed by atoms with E-state index in [9.17, 15) is 23.1 Å². The molecule has 4 rings (SSSR count). The van der Waals surface area contributed by atoms with E-state index in [2.05, 4.69) is 22.9 Å². The minimum atomic E-state index is -4.36. The number of allylic oxidation sites excluding steroid dienone is 1. The Morgan fingerprint density at radius 3 is 2.59 bits per heavy atom. The van der Waals surface area contributed by atoms with Gasteiger partial charge in [-0.2, -0.15) is 13.2 Å². The van der Waals surface area contributed by atoms with Gasteiger partial charge in [0.05, 0.1) is 5.56 Å². The third-order valence-corrected chi connectivity index (χ3v) is 15.7. The molecule has 2 aliphatic heterocycles. The number of thioether (sulfide) groups is 1. The van der Waals surface area contributed by atoms with Crippen LogP contribution in [0, 0.1) is 0 Å². The first-order chi connectivity index (χ1) is 18.5. The molecule has 2 aromatic carbocycles. The summed E-state index contributed by atoms with van der Waals surface area (Å²) < 4.78 is 41.7. The minimum absolute atomic E-state index is 0.0611. The van der Waals surface area contributed by atoms with Gasteiger partial charge in [-0.3, -0.25) is 0 Å². The molecule has 212 valence electrons. The number of aromatic hydroxyl groups is 1. The van der Waals surface area contributed by atoms with Crippen molar-refractivity contribution in [3.8, 4) is 5.75 Å². The molecule has 1 atom stereocenters. The predicted octanol–water partition coefficient (Wildman–Crippen LogP) is 6.99. The van der Waals surface area contributed by atoms with Crippen molar-refractivity contribution in [2.75, 3.05) is 41.9 Å². The number of rotatable bonds is 10. The summed E-state index contributed by atoms with van der Waals surface area (Å²) in [4.78, 5) is 20.8. The van der Waals surface area contributed by atoms with E-state index in [1.807, 2.05) is 24.1 Å². The van der Waals surface area contributed by atoms with E-state index in [0.717, 1.165) is 48.8 Å². The summed E-state index contributed by atoms with van der Waals surface area (Å²) in [6.45, 7) is 5.60. The fourth-order valence-electron chi connectivity index (χ4n) is 4.99. The number of nitrogens with zero attached hydrogens (tertiary/aromatic N) is 3. The van der Waals surface area contributed by atoms with Crippen LogP contribution in [-0.2, 0) is 9.60 Å². The molecular weight excluding hydrogens is 638 g/mol. The monoisotopic (exact) mass is 673 g/mol. The number of carbonyl (C=O) groups is 1. The number of hydrogen-bond donors (Lipinski definition) is 1. The van der Waals surface area contributed by atoms with Crippen LogP contribution in [0.3, 0.4) is 0 Å². The Balaban J connectivity index is 1.32. The van der Waals surface area contributed by atoms with E-state index < -0.39 is 31.6 Å². The summed E-state index contributed by atoms with van der Waals surface area (Å²) in [5.74, 6) is 1.51. The zero-order valence-electron chi connectivity index (χ0n) is 22.7. The van der Waals surface area contributed by atoms with Crippen molar-refractivity contribution in [1.29, 1.82) is 0 Å². The zero-order chi connectivity index (χ0) is 28.4. The Labute approximate surface area is 239 Å². The van der Waals surface area contributed by atoms with Crippen LogP contribution < -0.4 is 0 Å². The van der Waals surface area contributed by atoms with Crippen molar-refractivity contribution >= 4 is 43.2 Å². The summed E-state index contributed by atoms with van der Waals surface area (Å²) in [5, 5.41) is 11.1. The second-order valence-electron chi connectivity index (χ2n) is 9.85. The quantitative estimate of drug-likeness (QED) is 0.0561. The number of Topliss-reactive ketones (excluding diaryl/α,β-unsaturated/α-hetero) is 1. The summed E-state index contributed by atoms with van der Waals surface area (Å²) >= 11 is 0.636. The predicted molar refractivity (Wildman–Crippen MR) is 162 cm³/mol. The number of amidine groups is 1.